The number of amides is 1. The number of benzene rings is 2. The van der Waals surface area contributed by atoms with Gasteiger partial charge in [-0.2, -0.15) is 0 Å². The average molecular weight is 390 g/mol. The van der Waals surface area contributed by atoms with Crippen LogP contribution in [0.3, 0.4) is 0 Å². The maximum Gasteiger partial charge on any atom is 0.258 e. The molecule has 146 valence electrons. The Morgan fingerprint density at radius 3 is 2.72 bits per heavy atom. The average Bonchev–Trinajstić information content (AvgIpc) is 2.74. The number of anilines is 1. The Labute approximate surface area is 164 Å². The van der Waals surface area contributed by atoms with Gasteiger partial charge in [0.25, 0.3) is 17.0 Å². The number of H-pyrrole nitrogens is 1. The van der Waals surface area contributed by atoms with Crippen LogP contribution in [0.1, 0.15) is 10.4 Å². The maximum absolute atomic E-state index is 13.0. The number of hydrogen-bond donors (Lipinski definition) is 2. The van der Waals surface area contributed by atoms with Crippen molar-refractivity contribution in [2.24, 2.45) is 0 Å². The van der Waals surface area contributed by atoms with Crippen molar-refractivity contribution >= 4 is 33.3 Å². The summed E-state index contributed by atoms with van der Waals surface area (Å²) in [5.74, 6) is -0.382. The van der Waals surface area contributed by atoms with Crippen LogP contribution in [-0.2, 0) is 11.3 Å². The molecule has 4 rings (SSSR count). The summed E-state index contributed by atoms with van der Waals surface area (Å²) in [5, 5.41) is 4.19. The molecule has 0 bridgehead atoms. The zero-order valence-corrected chi connectivity index (χ0v) is 15.6. The quantitative estimate of drug-likeness (QED) is 0.543. The molecule has 2 aromatic heterocycles. The van der Waals surface area contributed by atoms with E-state index in [2.05, 4.69) is 15.3 Å². The Kier molecular flexibility index (Phi) is 4.92. The van der Waals surface area contributed by atoms with Crippen molar-refractivity contribution in [3.63, 3.8) is 0 Å². The third-order valence-electron chi connectivity index (χ3n) is 4.67. The largest absolute Gasteiger partial charge is 0.383 e. The van der Waals surface area contributed by atoms with Gasteiger partial charge in [0.15, 0.2) is 0 Å². The summed E-state index contributed by atoms with van der Waals surface area (Å²) in [6.07, 6.45) is 2.87. The molecule has 29 heavy (non-hydrogen) atoms. The number of pyridine rings is 1. The van der Waals surface area contributed by atoms with Gasteiger partial charge in [-0.25, -0.2) is 4.98 Å². The van der Waals surface area contributed by atoms with Crippen LogP contribution >= 0.6 is 0 Å². The summed E-state index contributed by atoms with van der Waals surface area (Å²) < 4.78 is 6.53. The van der Waals surface area contributed by atoms with E-state index in [0.29, 0.717) is 46.1 Å². The minimum atomic E-state index is -0.382. The van der Waals surface area contributed by atoms with E-state index >= 15 is 0 Å². The highest BCUT2D eigenvalue weighted by atomic mass is 16.5. The summed E-state index contributed by atoms with van der Waals surface area (Å²) >= 11 is 0. The summed E-state index contributed by atoms with van der Waals surface area (Å²) in [4.78, 5) is 44.3. The van der Waals surface area contributed by atoms with Crippen LogP contribution in [0, 0.1) is 0 Å². The molecule has 0 fully saturated rings. The number of ether oxygens (including phenoxy) is 1. The van der Waals surface area contributed by atoms with Gasteiger partial charge in [0.1, 0.15) is 0 Å². The van der Waals surface area contributed by atoms with Crippen molar-refractivity contribution in [1.82, 2.24) is 14.5 Å². The molecule has 0 aliphatic carbocycles. The summed E-state index contributed by atoms with van der Waals surface area (Å²) in [7, 11) is 1.55. The van der Waals surface area contributed by atoms with Crippen molar-refractivity contribution in [2.75, 3.05) is 19.0 Å². The number of methoxy groups -OCH3 is 1. The molecule has 0 unspecified atom stereocenters. The molecule has 1 amide bonds. The van der Waals surface area contributed by atoms with Crippen molar-refractivity contribution in [1.29, 1.82) is 0 Å². The lowest BCUT2D eigenvalue weighted by Crippen LogP contribution is -2.25. The van der Waals surface area contributed by atoms with Crippen molar-refractivity contribution in [3.8, 4) is 0 Å². The van der Waals surface area contributed by atoms with Crippen molar-refractivity contribution < 1.29 is 9.53 Å². The van der Waals surface area contributed by atoms with Gasteiger partial charge < -0.3 is 19.6 Å². The molecule has 0 aliphatic rings. The van der Waals surface area contributed by atoms with Gasteiger partial charge in [-0.15, -0.1) is 0 Å². The van der Waals surface area contributed by atoms with E-state index in [1.54, 1.807) is 49.6 Å². The Hall–Kier alpha value is -3.78. The first-order valence-corrected chi connectivity index (χ1v) is 8.98. The monoisotopic (exact) mass is 390 g/mol. The predicted octanol–water partition coefficient (Wildman–Crippen LogP) is 2.14. The molecule has 4 aromatic rings. The van der Waals surface area contributed by atoms with Crippen molar-refractivity contribution in [2.45, 2.75) is 6.54 Å². The van der Waals surface area contributed by atoms with Crippen molar-refractivity contribution in [3.05, 3.63) is 81.3 Å². The van der Waals surface area contributed by atoms with Crippen LogP contribution < -0.4 is 16.4 Å². The highest BCUT2D eigenvalue weighted by molar-refractivity contribution is 6.12. The minimum Gasteiger partial charge on any atom is -0.383 e. The Bertz CT molecular complexity index is 1340. The first-order chi connectivity index (χ1) is 14.1. The molecule has 0 saturated heterocycles. The van der Waals surface area contributed by atoms with Gasteiger partial charge in [-0.05, 0) is 24.3 Å². The lowest BCUT2D eigenvalue weighted by atomic mass is 10.1. The number of carbonyl (C=O) groups excluding carboxylic acids is 1. The van der Waals surface area contributed by atoms with E-state index in [1.165, 1.54) is 17.1 Å². The van der Waals surface area contributed by atoms with Gasteiger partial charge in [0.05, 0.1) is 29.4 Å². The van der Waals surface area contributed by atoms with E-state index in [4.69, 9.17) is 4.74 Å². The molecule has 0 saturated carbocycles. The molecule has 8 nitrogen and oxygen atoms in total. The smallest absolute Gasteiger partial charge is 0.258 e. The van der Waals surface area contributed by atoms with E-state index in [1.807, 2.05) is 0 Å². The highest BCUT2D eigenvalue weighted by Crippen LogP contribution is 2.19. The third-order valence-corrected chi connectivity index (χ3v) is 4.67. The SMILES string of the molecule is COCCn1cc(C(=O)Nc2ccc3nc[nH]c(=O)c3c2)c2ccccc2c1=O. The highest BCUT2D eigenvalue weighted by Gasteiger charge is 2.15. The minimum absolute atomic E-state index is 0.183. The molecule has 2 aromatic carbocycles. The van der Waals surface area contributed by atoms with Crippen LogP contribution in [0.2, 0.25) is 0 Å². The van der Waals surface area contributed by atoms with Crippen LogP contribution in [0.15, 0.2) is 64.6 Å². The molecule has 0 radical (unpaired) electrons. The fourth-order valence-corrected chi connectivity index (χ4v) is 3.22. The van der Waals surface area contributed by atoms with Crippen LogP contribution in [0.5, 0.6) is 0 Å². The fourth-order valence-electron chi connectivity index (χ4n) is 3.22. The molecular weight excluding hydrogens is 372 g/mol. The van der Waals surface area contributed by atoms with Crippen LogP contribution in [-0.4, -0.2) is 34.2 Å². The number of aromatic amines is 1. The maximum atomic E-state index is 13.0. The second-order valence-electron chi connectivity index (χ2n) is 6.50. The second-order valence-corrected chi connectivity index (χ2v) is 6.50. The first kappa shape index (κ1) is 18.6. The molecule has 2 heterocycles. The van der Waals surface area contributed by atoms with E-state index in [-0.39, 0.29) is 17.0 Å². The Morgan fingerprint density at radius 2 is 1.93 bits per heavy atom. The topological polar surface area (TPSA) is 106 Å². The zero-order chi connectivity index (χ0) is 20.4. The number of fused-ring (bicyclic) bond motifs is 2. The Morgan fingerprint density at radius 1 is 1.14 bits per heavy atom. The number of nitrogens with one attached hydrogen (secondary N) is 2. The van der Waals surface area contributed by atoms with E-state index in [9.17, 15) is 14.4 Å². The molecule has 8 heteroatoms. The number of nitrogens with zero attached hydrogens (tertiary/aromatic N) is 2. The standard InChI is InChI=1S/C21H18N4O4/c1-29-9-8-25-11-17(14-4-2-3-5-15(14)21(25)28)20(27)24-13-6-7-18-16(10-13)19(26)23-12-22-18/h2-7,10-12H,8-9H2,1H3,(H,24,27)(H,22,23,26). The van der Waals surface area contributed by atoms with Gasteiger partial charge in [0, 0.05) is 36.3 Å². The predicted molar refractivity (Wildman–Crippen MR) is 110 cm³/mol. The van der Waals surface area contributed by atoms with Gasteiger partial charge in [0.2, 0.25) is 0 Å². The third kappa shape index (κ3) is 3.53. The number of rotatable bonds is 5. The molecular formula is C21H18N4O4. The van der Waals surface area contributed by atoms with E-state index in [0.717, 1.165) is 0 Å². The number of carbonyl (C=O) groups is 1. The number of hydrogen-bond acceptors (Lipinski definition) is 5. The molecule has 0 atom stereocenters. The summed E-state index contributed by atoms with van der Waals surface area (Å²) in [6, 6.07) is 11.9. The normalized spacial score (nSPS) is 11.1. The Balaban J connectivity index is 1.77. The van der Waals surface area contributed by atoms with Crippen LogP contribution in [0.25, 0.3) is 21.7 Å². The summed E-state index contributed by atoms with van der Waals surface area (Å²) in [6.45, 7) is 0.678. The van der Waals surface area contributed by atoms with Gasteiger partial charge in [-0.1, -0.05) is 18.2 Å². The summed E-state index contributed by atoms with van der Waals surface area (Å²) in [5.41, 5.74) is 0.878. The van der Waals surface area contributed by atoms with Gasteiger partial charge >= 0.3 is 0 Å². The van der Waals surface area contributed by atoms with E-state index < -0.39 is 0 Å². The lowest BCUT2D eigenvalue weighted by Gasteiger charge is -2.12. The second kappa shape index (κ2) is 7.69. The fraction of sp³-hybridized carbons (Fsp3) is 0.143. The van der Waals surface area contributed by atoms with Gasteiger partial charge in [-0.3, -0.25) is 14.4 Å². The lowest BCUT2D eigenvalue weighted by molar-refractivity contribution is 0.102. The molecule has 0 aliphatic heterocycles. The zero-order valence-electron chi connectivity index (χ0n) is 15.6. The number of aromatic nitrogens is 3. The van der Waals surface area contributed by atoms with Crippen LogP contribution in [0.4, 0.5) is 5.69 Å². The first-order valence-electron chi connectivity index (χ1n) is 8.98. The molecule has 0 spiro atoms. The molecule has 2 N–H and O–H groups in total.